The second kappa shape index (κ2) is 9.68. The Hall–Kier alpha value is -0.280. The molecular formula is C14H28O7. The van der Waals surface area contributed by atoms with Gasteiger partial charge in [0.25, 0.3) is 0 Å². The Morgan fingerprint density at radius 1 is 1.00 bits per heavy atom. The highest BCUT2D eigenvalue weighted by molar-refractivity contribution is 4.72. The van der Waals surface area contributed by atoms with Crippen LogP contribution in [0.5, 0.6) is 0 Å². The van der Waals surface area contributed by atoms with Crippen LogP contribution in [-0.4, -0.2) is 86.5 Å². The molecule has 0 aromatic heterocycles. The molecule has 2 aliphatic rings. The molecule has 0 radical (unpaired) electrons. The smallest absolute Gasteiger partial charge is 0.104 e. The fourth-order valence-electron chi connectivity index (χ4n) is 1.36. The molecule has 0 amide bonds. The van der Waals surface area contributed by atoms with Crippen LogP contribution in [0.25, 0.3) is 0 Å². The van der Waals surface area contributed by atoms with E-state index in [2.05, 4.69) is 13.8 Å². The lowest BCUT2D eigenvalue weighted by molar-refractivity contribution is -0.0101. The van der Waals surface area contributed by atoms with E-state index in [0.717, 1.165) is 39.6 Å². The molecule has 2 heterocycles. The van der Waals surface area contributed by atoms with Crippen molar-refractivity contribution in [2.45, 2.75) is 32.2 Å². The molecule has 0 saturated carbocycles. The Bertz CT molecular complexity index is 240. The maximum Gasteiger partial charge on any atom is 0.104 e. The van der Waals surface area contributed by atoms with Gasteiger partial charge in [0.15, 0.2) is 0 Å². The molecule has 2 unspecified atom stereocenters. The van der Waals surface area contributed by atoms with Gasteiger partial charge in [-0.3, -0.25) is 0 Å². The standard InChI is InChI=1S/C11H20O4.C3H8O3/c1-11(2,7-12-3-9-5-14-9)8-13-4-10-6-15-10;4-1-3(6)2-5/h9-10H,3-8H2,1-2H3;3-6H,1-2H2. The van der Waals surface area contributed by atoms with Gasteiger partial charge in [0.05, 0.1) is 52.9 Å². The molecule has 2 rings (SSSR count). The van der Waals surface area contributed by atoms with Crippen molar-refractivity contribution in [3.8, 4) is 0 Å². The first-order chi connectivity index (χ1) is 9.96. The number of aliphatic hydroxyl groups is 3. The van der Waals surface area contributed by atoms with Crippen molar-refractivity contribution in [1.82, 2.24) is 0 Å². The zero-order valence-corrected chi connectivity index (χ0v) is 12.9. The molecule has 126 valence electrons. The quantitative estimate of drug-likeness (QED) is 0.453. The van der Waals surface area contributed by atoms with E-state index in [1.54, 1.807) is 0 Å². The summed E-state index contributed by atoms with van der Waals surface area (Å²) in [6, 6.07) is 0. The highest BCUT2D eigenvalue weighted by Crippen LogP contribution is 2.19. The molecule has 7 heteroatoms. The SMILES string of the molecule is CC(C)(COCC1CO1)COCC1CO1.OCC(O)CO. The van der Waals surface area contributed by atoms with Gasteiger partial charge in [-0.1, -0.05) is 13.8 Å². The molecule has 0 aromatic carbocycles. The summed E-state index contributed by atoms with van der Waals surface area (Å²) in [5.74, 6) is 0. The van der Waals surface area contributed by atoms with Crippen molar-refractivity contribution in [3.05, 3.63) is 0 Å². The molecular weight excluding hydrogens is 280 g/mol. The van der Waals surface area contributed by atoms with Crippen LogP contribution in [0.3, 0.4) is 0 Å². The molecule has 0 aromatic rings. The fraction of sp³-hybridized carbons (Fsp3) is 1.00. The molecule has 21 heavy (non-hydrogen) atoms. The number of epoxide rings is 2. The van der Waals surface area contributed by atoms with Crippen LogP contribution in [0.4, 0.5) is 0 Å². The van der Waals surface area contributed by atoms with Gasteiger partial charge in [-0.05, 0) is 0 Å². The van der Waals surface area contributed by atoms with Crippen LogP contribution in [-0.2, 0) is 18.9 Å². The Kier molecular flexibility index (Phi) is 8.65. The fourth-order valence-corrected chi connectivity index (χ4v) is 1.36. The van der Waals surface area contributed by atoms with Gasteiger partial charge in [0.2, 0.25) is 0 Å². The minimum Gasteiger partial charge on any atom is -0.394 e. The predicted molar refractivity (Wildman–Crippen MR) is 75.1 cm³/mol. The zero-order valence-electron chi connectivity index (χ0n) is 12.9. The molecule has 0 spiro atoms. The van der Waals surface area contributed by atoms with Crippen LogP contribution in [0.2, 0.25) is 0 Å². The Balaban J connectivity index is 0.000000315. The molecule has 2 saturated heterocycles. The third kappa shape index (κ3) is 11.0. The molecule has 3 N–H and O–H groups in total. The lowest BCUT2D eigenvalue weighted by atomic mass is 9.96. The predicted octanol–water partition coefficient (Wildman–Crippen LogP) is -0.825. The average Bonchev–Trinajstić information content (AvgIpc) is 3.32. The van der Waals surface area contributed by atoms with E-state index in [-0.39, 0.29) is 18.6 Å². The first-order valence-corrected chi connectivity index (χ1v) is 7.25. The summed E-state index contributed by atoms with van der Waals surface area (Å²) in [4.78, 5) is 0. The summed E-state index contributed by atoms with van der Waals surface area (Å²) in [6.07, 6.45) is -0.256. The third-order valence-electron chi connectivity index (χ3n) is 2.82. The zero-order chi connectivity index (χ0) is 15.7. The molecule has 2 aliphatic heterocycles. The Morgan fingerprint density at radius 2 is 1.38 bits per heavy atom. The van der Waals surface area contributed by atoms with E-state index in [0.29, 0.717) is 12.2 Å². The lowest BCUT2D eigenvalue weighted by Crippen LogP contribution is -2.27. The molecule has 2 fully saturated rings. The van der Waals surface area contributed by atoms with E-state index in [4.69, 9.17) is 34.3 Å². The largest absolute Gasteiger partial charge is 0.394 e. The Morgan fingerprint density at radius 3 is 1.62 bits per heavy atom. The van der Waals surface area contributed by atoms with Crippen LogP contribution in [0.1, 0.15) is 13.8 Å². The maximum atomic E-state index is 8.17. The minimum atomic E-state index is -0.954. The van der Waals surface area contributed by atoms with E-state index >= 15 is 0 Å². The molecule has 2 atom stereocenters. The van der Waals surface area contributed by atoms with Gasteiger partial charge in [0.1, 0.15) is 18.3 Å². The van der Waals surface area contributed by atoms with E-state index in [9.17, 15) is 0 Å². The average molecular weight is 308 g/mol. The summed E-state index contributed by atoms with van der Waals surface area (Å²) < 4.78 is 21.3. The molecule has 0 bridgehead atoms. The normalized spacial score (nSPS) is 23.7. The van der Waals surface area contributed by atoms with Gasteiger partial charge in [0, 0.05) is 5.41 Å². The van der Waals surface area contributed by atoms with Crippen molar-refractivity contribution in [3.63, 3.8) is 0 Å². The summed E-state index contributed by atoms with van der Waals surface area (Å²) in [5, 5.41) is 24.0. The Labute approximate surface area is 125 Å². The maximum absolute atomic E-state index is 8.17. The third-order valence-corrected chi connectivity index (χ3v) is 2.82. The highest BCUT2D eigenvalue weighted by Gasteiger charge is 2.27. The van der Waals surface area contributed by atoms with Gasteiger partial charge >= 0.3 is 0 Å². The van der Waals surface area contributed by atoms with Crippen LogP contribution in [0, 0.1) is 5.41 Å². The lowest BCUT2D eigenvalue weighted by Gasteiger charge is -2.23. The van der Waals surface area contributed by atoms with E-state index < -0.39 is 6.10 Å². The topological polar surface area (TPSA) is 104 Å². The van der Waals surface area contributed by atoms with Gasteiger partial charge in [-0.2, -0.15) is 0 Å². The highest BCUT2D eigenvalue weighted by atomic mass is 16.6. The summed E-state index contributed by atoms with van der Waals surface area (Å²) in [5.41, 5.74) is 0.0732. The number of aliphatic hydroxyl groups excluding tert-OH is 3. The summed E-state index contributed by atoms with van der Waals surface area (Å²) >= 11 is 0. The summed E-state index contributed by atoms with van der Waals surface area (Å²) in [6.45, 7) is 8.16. The van der Waals surface area contributed by atoms with Crippen LogP contribution < -0.4 is 0 Å². The number of hydrogen-bond donors (Lipinski definition) is 3. The first-order valence-electron chi connectivity index (χ1n) is 7.25. The van der Waals surface area contributed by atoms with E-state index in [1.165, 1.54) is 0 Å². The van der Waals surface area contributed by atoms with Gasteiger partial charge in [-0.25, -0.2) is 0 Å². The second-order valence-electron chi connectivity index (χ2n) is 6.12. The number of rotatable bonds is 10. The molecule has 7 nitrogen and oxygen atoms in total. The number of ether oxygens (including phenoxy) is 4. The molecule has 0 aliphatic carbocycles. The van der Waals surface area contributed by atoms with Gasteiger partial charge < -0.3 is 34.3 Å². The van der Waals surface area contributed by atoms with E-state index in [1.807, 2.05) is 0 Å². The van der Waals surface area contributed by atoms with Gasteiger partial charge in [-0.15, -0.1) is 0 Å². The van der Waals surface area contributed by atoms with Crippen molar-refractivity contribution in [2.24, 2.45) is 5.41 Å². The van der Waals surface area contributed by atoms with Crippen molar-refractivity contribution in [2.75, 3.05) is 52.9 Å². The minimum absolute atomic E-state index is 0.0732. The second-order valence-corrected chi connectivity index (χ2v) is 6.12. The first kappa shape index (κ1) is 18.8. The number of hydrogen-bond acceptors (Lipinski definition) is 7. The van der Waals surface area contributed by atoms with Crippen molar-refractivity contribution < 1.29 is 34.3 Å². The van der Waals surface area contributed by atoms with Crippen LogP contribution >= 0.6 is 0 Å². The van der Waals surface area contributed by atoms with Crippen molar-refractivity contribution in [1.29, 1.82) is 0 Å². The van der Waals surface area contributed by atoms with Crippen LogP contribution in [0.15, 0.2) is 0 Å². The van der Waals surface area contributed by atoms with Crippen molar-refractivity contribution >= 4 is 0 Å². The summed E-state index contributed by atoms with van der Waals surface area (Å²) in [7, 11) is 0. The monoisotopic (exact) mass is 308 g/mol.